The number of esters is 1. The summed E-state index contributed by atoms with van der Waals surface area (Å²) in [5.74, 6) is 0.985. The Morgan fingerprint density at radius 3 is 2.02 bits per heavy atom. The number of allylic oxidation sites excluding steroid dienone is 2. The van der Waals surface area contributed by atoms with E-state index in [1.165, 1.54) is 51.4 Å². The van der Waals surface area contributed by atoms with Gasteiger partial charge in [0.15, 0.2) is 0 Å². The van der Waals surface area contributed by atoms with E-state index >= 15 is 0 Å². The van der Waals surface area contributed by atoms with Crippen molar-refractivity contribution in [2.45, 2.75) is 168 Å². The van der Waals surface area contributed by atoms with E-state index < -0.39 is 6.04 Å². The van der Waals surface area contributed by atoms with Gasteiger partial charge in [-0.05, 0) is 102 Å². The standard InChI is InChI=1S/C45H79N3O5/c1-7-10-12-13-14-15-16-17-18-19-20-21-22-27-42(45(51)46-35-34-40-30-32-41(52-6)33-31-40)48(37-25-36-47(4)5)43(49)28-23-24-29-44(50)53-38-39(9-3)26-11-8-2/h13-14,30-33,39,42H,7-12,15-29,34-38H2,1-6H3,(H,46,51)/b14-13-. The molecule has 0 radical (unpaired) electrons. The van der Waals surface area contributed by atoms with Crippen LogP contribution in [0.5, 0.6) is 5.75 Å². The molecule has 1 N–H and O–H groups in total. The highest BCUT2D eigenvalue weighted by atomic mass is 16.5. The van der Waals surface area contributed by atoms with E-state index in [1.807, 2.05) is 43.3 Å². The maximum atomic E-state index is 13.9. The zero-order valence-electron chi connectivity index (χ0n) is 34.9. The Morgan fingerprint density at radius 2 is 1.38 bits per heavy atom. The monoisotopic (exact) mass is 742 g/mol. The molecule has 304 valence electrons. The third-order valence-electron chi connectivity index (χ3n) is 10.2. The molecule has 8 nitrogen and oxygen atoms in total. The van der Waals surface area contributed by atoms with Gasteiger partial charge in [0, 0.05) is 25.9 Å². The Bertz CT molecular complexity index is 1090. The summed E-state index contributed by atoms with van der Waals surface area (Å²) in [4.78, 5) is 44.1. The lowest BCUT2D eigenvalue weighted by atomic mass is 10.0. The molecule has 1 aromatic carbocycles. The molecule has 0 aliphatic heterocycles. The average molecular weight is 742 g/mol. The normalized spacial score (nSPS) is 12.6. The molecule has 53 heavy (non-hydrogen) atoms. The minimum Gasteiger partial charge on any atom is -0.497 e. The summed E-state index contributed by atoms with van der Waals surface area (Å²) in [6, 6.07) is 7.42. The lowest BCUT2D eigenvalue weighted by Gasteiger charge is -2.32. The lowest BCUT2D eigenvalue weighted by molar-refractivity contribution is -0.145. The van der Waals surface area contributed by atoms with Crippen molar-refractivity contribution in [2.75, 3.05) is 47.4 Å². The maximum Gasteiger partial charge on any atom is 0.305 e. The number of nitrogens with zero attached hydrogens (tertiary/aromatic N) is 2. The van der Waals surface area contributed by atoms with Gasteiger partial charge in [-0.2, -0.15) is 0 Å². The topological polar surface area (TPSA) is 88.2 Å². The fourth-order valence-electron chi connectivity index (χ4n) is 6.59. The number of amides is 2. The minimum atomic E-state index is -0.501. The second-order valence-corrected chi connectivity index (χ2v) is 15.1. The molecule has 0 bridgehead atoms. The Kier molecular flexibility index (Phi) is 29.6. The van der Waals surface area contributed by atoms with Crippen molar-refractivity contribution in [3.05, 3.63) is 42.0 Å². The van der Waals surface area contributed by atoms with Gasteiger partial charge in [0.2, 0.25) is 11.8 Å². The van der Waals surface area contributed by atoms with Gasteiger partial charge in [0.05, 0.1) is 13.7 Å². The van der Waals surface area contributed by atoms with Gasteiger partial charge in [-0.1, -0.05) is 116 Å². The van der Waals surface area contributed by atoms with Crippen molar-refractivity contribution >= 4 is 17.8 Å². The van der Waals surface area contributed by atoms with Crippen LogP contribution in [0.2, 0.25) is 0 Å². The number of rotatable bonds is 34. The first-order chi connectivity index (χ1) is 25.7. The predicted octanol–water partition coefficient (Wildman–Crippen LogP) is 10.1. The summed E-state index contributed by atoms with van der Waals surface area (Å²) in [6.45, 7) is 8.94. The number of benzene rings is 1. The number of ether oxygens (including phenoxy) is 2. The van der Waals surface area contributed by atoms with Gasteiger partial charge in [-0.3, -0.25) is 14.4 Å². The third-order valence-corrected chi connectivity index (χ3v) is 10.2. The summed E-state index contributed by atoms with van der Waals surface area (Å²) in [5, 5.41) is 3.17. The van der Waals surface area contributed by atoms with E-state index in [9.17, 15) is 14.4 Å². The molecule has 0 heterocycles. The van der Waals surface area contributed by atoms with Crippen LogP contribution in [0.25, 0.3) is 0 Å². The second-order valence-electron chi connectivity index (χ2n) is 15.1. The fourth-order valence-corrected chi connectivity index (χ4v) is 6.59. The lowest BCUT2D eigenvalue weighted by Crippen LogP contribution is -2.50. The number of hydrogen-bond acceptors (Lipinski definition) is 6. The van der Waals surface area contributed by atoms with E-state index in [-0.39, 0.29) is 17.8 Å². The molecule has 8 heteroatoms. The number of hydrogen-bond donors (Lipinski definition) is 1. The summed E-state index contributed by atoms with van der Waals surface area (Å²) in [6.07, 6.45) is 26.1. The van der Waals surface area contributed by atoms with Crippen molar-refractivity contribution in [3.8, 4) is 5.75 Å². The van der Waals surface area contributed by atoms with E-state index in [2.05, 4.69) is 43.1 Å². The van der Waals surface area contributed by atoms with Crippen molar-refractivity contribution in [1.82, 2.24) is 15.1 Å². The van der Waals surface area contributed by atoms with Gasteiger partial charge >= 0.3 is 5.97 Å². The van der Waals surface area contributed by atoms with E-state index in [0.717, 1.165) is 69.2 Å². The van der Waals surface area contributed by atoms with Crippen molar-refractivity contribution < 1.29 is 23.9 Å². The second kappa shape index (κ2) is 32.6. The number of carbonyl (C=O) groups is 3. The summed E-state index contributed by atoms with van der Waals surface area (Å²) >= 11 is 0. The largest absolute Gasteiger partial charge is 0.497 e. The SMILES string of the molecule is CCCC/C=C\CCCCCCCCCC(C(=O)NCCc1ccc(OC)cc1)N(CCCN(C)C)C(=O)CCCCC(=O)OCC(CC)CCCC. The Labute approximate surface area is 325 Å². The highest BCUT2D eigenvalue weighted by molar-refractivity contribution is 5.87. The van der Waals surface area contributed by atoms with Gasteiger partial charge < -0.3 is 24.6 Å². The van der Waals surface area contributed by atoms with Gasteiger partial charge in [-0.25, -0.2) is 0 Å². The van der Waals surface area contributed by atoms with Gasteiger partial charge in [-0.15, -0.1) is 0 Å². The molecule has 1 rings (SSSR count). The van der Waals surface area contributed by atoms with Crippen LogP contribution in [0, 0.1) is 5.92 Å². The molecular weight excluding hydrogens is 663 g/mol. The molecule has 0 saturated heterocycles. The van der Waals surface area contributed by atoms with E-state index in [0.29, 0.717) is 64.1 Å². The maximum absolute atomic E-state index is 13.9. The predicted molar refractivity (Wildman–Crippen MR) is 221 cm³/mol. The van der Waals surface area contributed by atoms with Crippen LogP contribution in [0.4, 0.5) is 0 Å². The van der Waals surface area contributed by atoms with Gasteiger partial charge in [0.1, 0.15) is 11.8 Å². The quantitative estimate of drug-likeness (QED) is 0.0430. The van der Waals surface area contributed by atoms with Crippen LogP contribution in [-0.2, 0) is 25.5 Å². The highest BCUT2D eigenvalue weighted by Gasteiger charge is 2.29. The molecule has 0 aliphatic rings. The zero-order valence-corrected chi connectivity index (χ0v) is 34.9. The zero-order chi connectivity index (χ0) is 38.9. The molecule has 2 unspecified atom stereocenters. The molecule has 0 saturated carbocycles. The molecule has 0 fully saturated rings. The fraction of sp³-hybridized carbons (Fsp3) is 0.756. The van der Waals surface area contributed by atoms with Crippen molar-refractivity contribution in [1.29, 1.82) is 0 Å². The Hall–Kier alpha value is -2.87. The first kappa shape index (κ1) is 48.1. The highest BCUT2D eigenvalue weighted by Crippen LogP contribution is 2.18. The van der Waals surface area contributed by atoms with Crippen LogP contribution >= 0.6 is 0 Å². The summed E-state index contributed by atoms with van der Waals surface area (Å²) in [7, 11) is 5.72. The number of methoxy groups -OCH3 is 1. The molecule has 0 spiro atoms. The van der Waals surface area contributed by atoms with Gasteiger partial charge in [0.25, 0.3) is 0 Å². The van der Waals surface area contributed by atoms with Crippen molar-refractivity contribution in [3.63, 3.8) is 0 Å². The first-order valence-corrected chi connectivity index (χ1v) is 21.4. The Morgan fingerprint density at radius 1 is 0.736 bits per heavy atom. The van der Waals surface area contributed by atoms with E-state index in [4.69, 9.17) is 9.47 Å². The van der Waals surface area contributed by atoms with Crippen LogP contribution in [0.3, 0.4) is 0 Å². The average Bonchev–Trinajstić information content (AvgIpc) is 3.15. The molecule has 2 amide bonds. The Balaban J connectivity index is 2.79. The number of nitrogens with one attached hydrogen (secondary N) is 1. The van der Waals surface area contributed by atoms with Crippen LogP contribution in [0.15, 0.2) is 36.4 Å². The van der Waals surface area contributed by atoms with Crippen LogP contribution in [0.1, 0.15) is 161 Å². The van der Waals surface area contributed by atoms with Crippen LogP contribution < -0.4 is 10.1 Å². The number of carbonyl (C=O) groups excluding carboxylic acids is 3. The smallest absolute Gasteiger partial charge is 0.305 e. The molecule has 0 aromatic heterocycles. The van der Waals surface area contributed by atoms with E-state index in [1.54, 1.807) is 7.11 Å². The first-order valence-electron chi connectivity index (χ1n) is 21.4. The molecular formula is C45H79N3O5. The minimum absolute atomic E-state index is 0.00165. The summed E-state index contributed by atoms with van der Waals surface area (Å²) < 4.78 is 10.9. The number of unbranched alkanes of at least 4 members (excludes halogenated alkanes) is 11. The summed E-state index contributed by atoms with van der Waals surface area (Å²) in [5.41, 5.74) is 1.12. The molecule has 2 atom stereocenters. The van der Waals surface area contributed by atoms with Crippen LogP contribution in [-0.4, -0.2) is 81.1 Å². The molecule has 1 aromatic rings. The molecule has 0 aliphatic carbocycles. The van der Waals surface area contributed by atoms with Crippen molar-refractivity contribution in [2.24, 2.45) is 5.92 Å². The third kappa shape index (κ3) is 25.0.